The Bertz CT molecular complexity index is 574. The van der Waals surface area contributed by atoms with Gasteiger partial charge in [0.15, 0.2) is 0 Å². The number of ether oxygens (including phenoxy) is 1. The molecule has 0 N–H and O–H groups in total. The van der Waals surface area contributed by atoms with Gasteiger partial charge in [-0.05, 0) is 6.08 Å². The molecule has 0 aromatic rings. The van der Waals surface area contributed by atoms with E-state index in [-0.39, 0.29) is 23.7 Å². The van der Waals surface area contributed by atoms with Crippen molar-refractivity contribution in [3.63, 3.8) is 0 Å². The van der Waals surface area contributed by atoms with Crippen molar-refractivity contribution in [1.82, 2.24) is 0 Å². The van der Waals surface area contributed by atoms with Gasteiger partial charge in [0.1, 0.15) is 5.76 Å². The average Bonchev–Trinajstić information content (AvgIpc) is 3.00. The predicted octanol–water partition coefficient (Wildman–Crippen LogP) is 3.09. The molecule has 1 saturated heterocycles. The van der Waals surface area contributed by atoms with E-state index in [2.05, 4.69) is 12.2 Å². The quantitative estimate of drug-likeness (QED) is 0.624. The van der Waals surface area contributed by atoms with Crippen molar-refractivity contribution in [2.45, 2.75) is 0 Å². The lowest BCUT2D eigenvalue weighted by atomic mass is 9.86. The number of esters is 1. The highest BCUT2D eigenvalue weighted by atomic mass is 35.5. The molecule has 4 rings (SSSR count). The average molecular weight is 259 g/mol. The summed E-state index contributed by atoms with van der Waals surface area (Å²) in [5, 5.41) is 0.534. The molecule has 3 heteroatoms. The lowest BCUT2D eigenvalue weighted by molar-refractivity contribution is -0.141. The Morgan fingerprint density at radius 2 is 1.72 bits per heavy atom. The maximum absolute atomic E-state index is 12.3. The van der Waals surface area contributed by atoms with Crippen molar-refractivity contribution in [3.05, 3.63) is 59.4 Å². The fourth-order valence-electron chi connectivity index (χ4n) is 3.51. The molecule has 0 aromatic heterocycles. The number of allylic oxidation sites excluding steroid dienone is 9. The van der Waals surface area contributed by atoms with Crippen LogP contribution in [0.1, 0.15) is 0 Å². The molecule has 0 bridgehead atoms. The first kappa shape index (κ1) is 10.4. The van der Waals surface area contributed by atoms with Crippen molar-refractivity contribution in [1.29, 1.82) is 0 Å². The molecule has 3 aliphatic carbocycles. The summed E-state index contributed by atoms with van der Waals surface area (Å²) in [7, 11) is 0. The zero-order valence-electron chi connectivity index (χ0n) is 9.55. The molecule has 0 amide bonds. The summed E-state index contributed by atoms with van der Waals surface area (Å²) >= 11 is 6.18. The second-order valence-corrected chi connectivity index (χ2v) is 5.48. The fourth-order valence-corrected chi connectivity index (χ4v) is 3.74. The molecular weight excluding hydrogens is 248 g/mol. The maximum Gasteiger partial charge on any atom is 0.319 e. The number of hydrogen-bond donors (Lipinski definition) is 0. The molecule has 0 radical (unpaired) electrons. The van der Waals surface area contributed by atoms with Crippen molar-refractivity contribution in [2.24, 2.45) is 23.2 Å². The van der Waals surface area contributed by atoms with Gasteiger partial charge < -0.3 is 4.74 Å². The summed E-state index contributed by atoms with van der Waals surface area (Å²) in [5.74, 6) is 0.957. The third-order valence-electron chi connectivity index (χ3n) is 4.37. The maximum atomic E-state index is 12.3. The molecule has 3 atom stereocenters. The highest BCUT2D eigenvalue weighted by molar-refractivity contribution is 6.31. The van der Waals surface area contributed by atoms with E-state index in [4.69, 9.17) is 16.3 Å². The zero-order chi connectivity index (χ0) is 12.3. The van der Waals surface area contributed by atoms with Crippen LogP contribution in [0.25, 0.3) is 0 Å². The number of carbonyl (C=O) groups excluding carboxylic acids is 1. The Kier molecular flexibility index (Phi) is 1.89. The van der Waals surface area contributed by atoms with Crippen LogP contribution in [0.5, 0.6) is 0 Å². The van der Waals surface area contributed by atoms with Crippen LogP contribution in [0.2, 0.25) is 0 Å². The van der Waals surface area contributed by atoms with Crippen LogP contribution in [0, 0.1) is 23.2 Å². The van der Waals surface area contributed by atoms with Crippen LogP contribution < -0.4 is 0 Å². The molecule has 1 aliphatic heterocycles. The summed E-state index contributed by atoms with van der Waals surface area (Å²) in [4.78, 5) is 12.3. The number of carbonyl (C=O) groups is 1. The first-order chi connectivity index (χ1) is 8.76. The van der Waals surface area contributed by atoms with Gasteiger partial charge in [0.2, 0.25) is 0 Å². The molecule has 1 spiro atoms. The van der Waals surface area contributed by atoms with Crippen molar-refractivity contribution in [3.8, 4) is 0 Å². The van der Waals surface area contributed by atoms with Gasteiger partial charge in [-0.2, -0.15) is 0 Å². The van der Waals surface area contributed by atoms with E-state index in [1.54, 1.807) is 6.08 Å². The standard InChI is InChI=1S/C15H11ClO2/c16-12-8-4-3-7-11-13(12)18-14(17)15(11)9-5-1-2-6-10(9)15/h1-11H/t9-,10-,11+/m0/s1. The van der Waals surface area contributed by atoms with E-state index in [0.717, 1.165) is 0 Å². The second kappa shape index (κ2) is 3.27. The third kappa shape index (κ3) is 1.03. The lowest BCUT2D eigenvalue weighted by Crippen LogP contribution is -2.19. The first-order valence-corrected chi connectivity index (χ1v) is 6.46. The van der Waals surface area contributed by atoms with E-state index >= 15 is 0 Å². The van der Waals surface area contributed by atoms with Gasteiger partial charge in [-0.3, -0.25) is 4.79 Å². The van der Waals surface area contributed by atoms with Crippen LogP contribution in [0.4, 0.5) is 0 Å². The van der Waals surface area contributed by atoms with Crippen LogP contribution >= 0.6 is 11.6 Å². The molecule has 2 fully saturated rings. The number of rotatable bonds is 0. The van der Waals surface area contributed by atoms with Crippen LogP contribution in [-0.4, -0.2) is 5.97 Å². The van der Waals surface area contributed by atoms with E-state index in [0.29, 0.717) is 10.8 Å². The summed E-state index contributed by atoms with van der Waals surface area (Å²) in [6.07, 6.45) is 15.9. The Hall–Kier alpha value is -1.54. The first-order valence-electron chi connectivity index (χ1n) is 6.08. The molecule has 0 unspecified atom stereocenters. The molecule has 1 heterocycles. The van der Waals surface area contributed by atoms with Gasteiger partial charge in [-0.1, -0.05) is 54.1 Å². The molecule has 1 saturated carbocycles. The van der Waals surface area contributed by atoms with Gasteiger partial charge in [0.25, 0.3) is 0 Å². The highest BCUT2D eigenvalue weighted by Crippen LogP contribution is 2.71. The highest BCUT2D eigenvalue weighted by Gasteiger charge is 2.75. The Morgan fingerprint density at radius 3 is 2.44 bits per heavy atom. The van der Waals surface area contributed by atoms with Crippen LogP contribution in [0.15, 0.2) is 59.4 Å². The molecule has 0 aromatic carbocycles. The molecular formula is C15H11ClO2. The SMILES string of the molecule is O=C1OC2=C(Cl)C=CC=C[C@H]2C12[C@H]1C=CC=C[C@@H]12. The number of fused-ring (bicyclic) bond motifs is 5. The number of hydrogen-bond acceptors (Lipinski definition) is 2. The normalized spacial score (nSPS) is 42.9. The Balaban J connectivity index is 1.88. The minimum Gasteiger partial charge on any atom is -0.428 e. The summed E-state index contributed by atoms with van der Waals surface area (Å²) in [5.41, 5.74) is -0.443. The van der Waals surface area contributed by atoms with Gasteiger partial charge in [0, 0.05) is 11.8 Å². The molecule has 2 nitrogen and oxygen atoms in total. The van der Waals surface area contributed by atoms with E-state index in [1.165, 1.54) is 0 Å². The topological polar surface area (TPSA) is 26.3 Å². The number of halogens is 1. The Labute approximate surface area is 110 Å². The van der Waals surface area contributed by atoms with Crippen molar-refractivity contribution in [2.75, 3.05) is 0 Å². The largest absolute Gasteiger partial charge is 0.428 e. The predicted molar refractivity (Wildman–Crippen MR) is 68.4 cm³/mol. The molecule has 18 heavy (non-hydrogen) atoms. The second-order valence-electron chi connectivity index (χ2n) is 5.08. The van der Waals surface area contributed by atoms with Gasteiger partial charge in [-0.15, -0.1) is 0 Å². The summed E-state index contributed by atoms with van der Waals surface area (Å²) in [6, 6.07) is 0. The monoisotopic (exact) mass is 258 g/mol. The van der Waals surface area contributed by atoms with E-state index in [9.17, 15) is 4.79 Å². The Morgan fingerprint density at radius 1 is 1.06 bits per heavy atom. The van der Waals surface area contributed by atoms with Crippen molar-refractivity contribution >= 4 is 17.6 Å². The van der Waals surface area contributed by atoms with Crippen LogP contribution in [0.3, 0.4) is 0 Å². The third-order valence-corrected chi connectivity index (χ3v) is 4.69. The minimum absolute atomic E-state index is 0.0325. The lowest BCUT2D eigenvalue weighted by Gasteiger charge is -2.11. The summed E-state index contributed by atoms with van der Waals surface area (Å²) in [6.45, 7) is 0. The van der Waals surface area contributed by atoms with E-state index in [1.807, 2.05) is 30.4 Å². The van der Waals surface area contributed by atoms with Crippen LogP contribution in [-0.2, 0) is 9.53 Å². The minimum atomic E-state index is -0.443. The zero-order valence-corrected chi connectivity index (χ0v) is 10.3. The van der Waals surface area contributed by atoms with E-state index < -0.39 is 5.41 Å². The smallest absolute Gasteiger partial charge is 0.319 e. The molecule has 90 valence electrons. The van der Waals surface area contributed by atoms with Gasteiger partial charge in [-0.25, -0.2) is 0 Å². The van der Waals surface area contributed by atoms with Gasteiger partial charge in [0.05, 0.1) is 16.4 Å². The van der Waals surface area contributed by atoms with Gasteiger partial charge >= 0.3 is 5.97 Å². The molecule has 4 aliphatic rings. The summed E-state index contributed by atoms with van der Waals surface area (Å²) < 4.78 is 5.47. The van der Waals surface area contributed by atoms with Crippen molar-refractivity contribution < 1.29 is 9.53 Å². The fraction of sp³-hybridized carbons (Fsp3) is 0.267.